The lowest BCUT2D eigenvalue weighted by Crippen LogP contribution is -2.13. The van der Waals surface area contributed by atoms with Crippen LogP contribution in [0.5, 0.6) is 0 Å². The number of benzene rings is 1. The number of hydrogen-bond donors (Lipinski definition) is 3. The van der Waals surface area contributed by atoms with Crippen molar-refractivity contribution in [1.82, 2.24) is 0 Å². The maximum atomic E-state index is 12.2. The van der Waals surface area contributed by atoms with Crippen LogP contribution in [0.2, 0.25) is 0 Å². The zero-order valence-corrected chi connectivity index (χ0v) is 13.0. The van der Waals surface area contributed by atoms with E-state index in [1.165, 1.54) is 30.3 Å². The van der Waals surface area contributed by atoms with Crippen molar-refractivity contribution in [1.29, 1.82) is 0 Å². The Morgan fingerprint density at radius 3 is 2.19 bits per heavy atom. The van der Waals surface area contributed by atoms with E-state index in [9.17, 15) is 13.2 Å². The Labute approximate surface area is 130 Å². The molecule has 2 aromatic rings. The van der Waals surface area contributed by atoms with Crippen LogP contribution in [0, 0.1) is 0 Å². The van der Waals surface area contributed by atoms with Gasteiger partial charge in [0.25, 0.3) is 10.0 Å². The zero-order chi connectivity index (χ0) is 15.6. The van der Waals surface area contributed by atoms with Gasteiger partial charge in [0.1, 0.15) is 9.20 Å². The number of carbonyl (C=O) groups excluding carboxylic acids is 1. The Morgan fingerprint density at radius 1 is 1.10 bits per heavy atom. The van der Waals surface area contributed by atoms with E-state index in [0.29, 0.717) is 16.1 Å². The van der Waals surface area contributed by atoms with Gasteiger partial charge in [0.15, 0.2) is 0 Å². The number of rotatable bonds is 5. The summed E-state index contributed by atoms with van der Waals surface area (Å²) in [6, 6.07) is 8.78. The molecule has 0 atom stereocenters. The van der Waals surface area contributed by atoms with Gasteiger partial charge in [0.2, 0.25) is 5.91 Å². The summed E-state index contributed by atoms with van der Waals surface area (Å²) in [5, 5.41) is 0. The van der Waals surface area contributed by atoms with Crippen LogP contribution >= 0.6 is 23.6 Å². The third-order valence-corrected chi connectivity index (χ3v) is 5.85. The Morgan fingerprint density at radius 2 is 1.71 bits per heavy atom. The van der Waals surface area contributed by atoms with E-state index < -0.39 is 15.9 Å². The second-order valence-corrected chi connectivity index (χ2v) is 7.46. The molecular formula is C12H11N3O3S3. The van der Waals surface area contributed by atoms with Crippen LogP contribution in [-0.4, -0.2) is 19.3 Å². The smallest absolute Gasteiger partial charge is 0.271 e. The monoisotopic (exact) mass is 341 g/mol. The molecule has 1 amide bonds. The van der Waals surface area contributed by atoms with E-state index in [-0.39, 0.29) is 9.20 Å². The highest BCUT2D eigenvalue weighted by atomic mass is 32.2. The molecule has 0 spiro atoms. The lowest BCUT2D eigenvalue weighted by Gasteiger charge is -2.06. The molecule has 0 fully saturated rings. The van der Waals surface area contributed by atoms with Crippen molar-refractivity contribution in [2.24, 2.45) is 11.5 Å². The van der Waals surface area contributed by atoms with E-state index in [4.69, 9.17) is 23.7 Å². The summed E-state index contributed by atoms with van der Waals surface area (Å²) < 4.78 is 26.9. The van der Waals surface area contributed by atoms with E-state index in [1.54, 1.807) is 6.07 Å². The van der Waals surface area contributed by atoms with Crippen molar-refractivity contribution in [2.45, 2.75) is 4.21 Å². The van der Waals surface area contributed by atoms with Gasteiger partial charge in [0.05, 0.1) is 4.88 Å². The number of nitrogens with one attached hydrogen (secondary N) is 1. The lowest BCUT2D eigenvalue weighted by molar-refractivity contribution is 0.100. The Balaban J connectivity index is 2.24. The number of amides is 1. The third-order valence-electron chi connectivity index (χ3n) is 2.51. The topological polar surface area (TPSA) is 115 Å². The van der Waals surface area contributed by atoms with Gasteiger partial charge in [-0.2, -0.15) is 0 Å². The largest absolute Gasteiger partial charge is 0.389 e. The molecule has 0 saturated heterocycles. The summed E-state index contributed by atoms with van der Waals surface area (Å²) in [6.45, 7) is 0. The van der Waals surface area contributed by atoms with Crippen molar-refractivity contribution in [2.75, 3.05) is 4.72 Å². The molecule has 110 valence electrons. The molecule has 0 aliphatic heterocycles. The number of thiophene rings is 1. The molecule has 0 aliphatic rings. The van der Waals surface area contributed by atoms with Gasteiger partial charge in [-0.05, 0) is 36.4 Å². The maximum absolute atomic E-state index is 12.2. The van der Waals surface area contributed by atoms with E-state index in [2.05, 4.69) is 4.72 Å². The molecule has 0 aliphatic carbocycles. The van der Waals surface area contributed by atoms with Crippen molar-refractivity contribution >= 4 is 50.2 Å². The SMILES string of the molecule is NC(=O)c1ccc(NS(=O)(=O)c2ccc(C(N)=S)s2)cc1. The van der Waals surface area contributed by atoms with Gasteiger partial charge < -0.3 is 11.5 Å². The standard InChI is InChI=1S/C12H11N3O3S3/c13-11(16)7-1-3-8(4-2-7)15-21(17,18)10-6-5-9(20-10)12(14)19/h1-6,15H,(H2,13,16)(H2,14,19). The summed E-state index contributed by atoms with van der Waals surface area (Å²) in [7, 11) is -3.72. The molecule has 9 heteroatoms. The summed E-state index contributed by atoms with van der Waals surface area (Å²) in [4.78, 5) is 11.6. The molecule has 0 bridgehead atoms. The fraction of sp³-hybridized carbons (Fsp3) is 0. The van der Waals surface area contributed by atoms with Gasteiger partial charge in [-0.1, -0.05) is 12.2 Å². The second-order valence-electron chi connectivity index (χ2n) is 4.03. The average Bonchev–Trinajstić information content (AvgIpc) is 2.89. The number of carbonyl (C=O) groups is 1. The van der Waals surface area contributed by atoms with Crippen LogP contribution in [0.3, 0.4) is 0 Å². The third kappa shape index (κ3) is 3.57. The first kappa shape index (κ1) is 15.4. The molecule has 5 N–H and O–H groups in total. The maximum Gasteiger partial charge on any atom is 0.271 e. The molecule has 2 rings (SSSR count). The van der Waals surface area contributed by atoms with Gasteiger partial charge in [-0.15, -0.1) is 11.3 Å². The van der Waals surface area contributed by atoms with Crippen LogP contribution in [0.1, 0.15) is 15.2 Å². The molecule has 0 saturated carbocycles. The number of hydrogen-bond acceptors (Lipinski definition) is 5. The van der Waals surface area contributed by atoms with Crippen molar-refractivity contribution < 1.29 is 13.2 Å². The first-order valence-electron chi connectivity index (χ1n) is 5.62. The first-order valence-corrected chi connectivity index (χ1v) is 8.33. The van der Waals surface area contributed by atoms with E-state index in [1.807, 2.05) is 0 Å². The number of anilines is 1. The number of nitrogens with two attached hydrogens (primary N) is 2. The van der Waals surface area contributed by atoms with E-state index in [0.717, 1.165) is 11.3 Å². The van der Waals surface area contributed by atoms with Crippen LogP contribution in [0.25, 0.3) is 0 Å². The summed E-state index contributed by atoms with van der Waals surface area (Å²) >= 11 is 5.78. The molecule has 1 aromatic heterocycles. The summed E-state index contributed by atoms with van der Waals surface area (Å²) in [5.41, 5.74) is 11.2. The van der Waals surface area contributed by atoms with Crippen molar-refractivity contribution in [3.63, 3.8) is 0 Å². The van der Waals surface area contributed by atoms with Gasteiger partial charge in [-0.3, -0.25) is 9.52 Å². The van der Waals surface area contributed by atoms with Crippen LogP contribution in [0.4, 0.5) is 5.69 Å². The summed E-state index contributed by atoms with van der Waals surface area (Å²) in [5.74, 6) is -0.580. The number of primary amides is 1. The Hall–Kier alpha value is -1.97. The van der Waals surface area contributed by atoms with Crippen molar-refractivity contribution in [3.8, 4) is 0 Å². The second kappa shape index (κ2) is 5.80. The Bertz CT molecular complexity index is 795. The molecule has 1 aromatic carbocycles. The Kier molecular flexibility index (Phi) is 4.26. The normalized spacial score (nSPS) is 11.0. The van der Waals surface area contributed by atoms with Gasteiger partial charge in [0, 0.05) is 11.3 Å². The number of thiocarbonyl (C=S) groups is 1. The highest BCUT2D eigenvalue weighted by molar-refractivity contribution is 7.94. The zero-order valence-electron chi connectivity index (χ0n) is 10.6. The van der Waals surface area contributed by atoms with Gasteiger partial charge in [-0.25, -0.2) is 8.42 Å². The van der Waals surface area contributed by atoms with Crippen LogP contribution in [-0.2, 0) is 10.0 Å². The predicted octanol–water partition coefficient (Wildman–Crippen LogP) is 1.28. The highest BCUT2D eigenvalue weighted by Gasteiger charge is 2.17. The van der Waals surface area contributed by atoms with Crippen LogP contribution in [0.15, 0.2) is 40.6 Å². The molecule has 21 heavy (non-hydrogen) atoms. The van der Waals surface area contributed by atoms with Gasteiger partial charge >= 0.3 is 0 Å². The molecular weight excluding hydrogens is 330 g/mol. The predicted molar refractivity (Wildman–Crippen MR) is 86.0 cm³/mol. The minimum atomic E-state index is -3.72. The highest BCUT2D eigenvalue weighted by Crippen LogP contribution is 2.24. The van der Waals surface area contributed by atoms with Crippen molar-refractivity contribution in [3.05, 3.63) is 46.8 Å². The molecule has 0 unspecified atom stereocenters. The average molecular weight is 341 g/mol. The molecule has 1 heterocycles. The van der Waals surface area contributed by atoms with Crippen LogP contribution < -0.4 is 16.2 Å². The fourth-order valence-electron chi connectivity index (χ4n) is 1.50. The molecule has 6 nitrogen and oxygen atoms in total. The number of sulfonamides is 1. The summed E-state index contributed by atoms with van der Waals surface area (Å²) in [6.07, 6.45) is 0. The minimum absolute atomic E-state index is 0.101. The molecule has 0 radical (unpaired) electrons. The first-order chi connectivity index (χ1) is 9.79. The fourth-order valence-corrected chi connectivity index (χ4v) is 3.91. The van der Waals surface area contributed by atoms with E-state index >= 15 is 0 Å². The minimum Gasteiger partial charge on any atom is -0.389 e. The quantitative estimate of drug-likeness (QED) is 0.709. The lowest BCUT2D eigenvalue weighted by atomic mass is 10.2.